The van der Waals surface area contributed by atoms with Crippen LogP contribution in [0.15, 0.2) is 60.7 Å². The van der Waals surface area contributed by atoms with Crippen LogP contribution in [0.1, 0.15) is 29.3 Å². The standard InChI is InChI=1S/C26H27N3O4/c1-4-21(25(31)27-2)28(15-17-8-5-11-19(14-17)33-3)23(30)16-29-22-13-7-10-18-9-6-12-20(24(18)22)26(29)32/h5-14,21H,4,15-16H2,1-3H3,(H,27,31)/t21-/m0/s1. The first-order valence-corrected chi connectivity index (χ1v) is 11.0. The number of nitrogens with one attached hydrogen (secondary N) is 1. The minimum atomic E-state index is -0.662. The maximum atomic E-state index is 13.6. The van der Waals surface area contributed by atoms with Gasteiger partial charge in [-0.25, -0.2) is 0 Å². The Morgan fingerprint density at radius 1 is 1.09 bits per heavy atom. The third-order valence-electron chi connectivity index (χ3n) is 6.06. The third kappa shape index (κ3) is 4.14. The van der Waals surface area contributed by atoms with Gasteiger partial charge in [-0.05, 0) is 41.6 Å². The fourth-order valence-corrected chi connectivity index (χ4v) is 4.42. The predicted octanol–water partition coefficient (Wildman–Crippen LogP) is 3.36. The molecule has 1 heterocycles. The Bertz CT molecular complexity index is 1220. The summed E-state index contributed by atoms with van der Waals surface area (Å²) in [6, 6.07) is 18.0. The van der Waals surface area contributed by atoms with Crippen LogP contribution >= 0.6 is 0 Å². The van der Waals surface area contributed by atoms with Gasteiger partial charge in [0.2, 0.25) is 11.8 Å². The molecule has 1 aliphatic heterocycles. The zero-order chi connectivity index (χ0) is 23.5. The van der Waals surface area contributed by atoms with E-state index in [1.807, 2.05) is 61.5 Å². The van der Waals surface area contributed by atoms with E-state index in [-0.39, 0.29) is 30.8 Å². The number of amides is 3. The van der Waals surface area contributed by atoms with E-state index in [4.69, 9.17) is 4.74 Å². The van der Waals surface area contributed by atoms with E-state index >= 15 is 0 Å². The maximum absolute atomic E-state index is 13.6. The van der Waals surface area contributed by atoms with E-state index in [0.29, 0.717) is 17.7 Å². The first kappa shape index (κ1) is 22.3. The zero-order valence-electron chi connectivity index (χ0n) is 19.0. The molecular formula is C26H27N3O4. The molecule has 0 radical (unpaired) electrons. The van der Waals surface area contributed by atoms with Gasteiger partial charge in [-0.3, -0.25) is 19.3 Å². The SMILES string of the molecule is CC[C@@H](C(=O)NC)N(Cc1cccc(OC)c1)C(=O)CN1C(=O)c2cccc3cccc1c23. The van der Waals surface area contributed by atoms with Gasteiger partial charge >= 0.3 is 0 Å². The number of rotatable bonds is 8. The van der Waals surface area contributed by atoms with Gasteiger partial charge in [-0.15, -0.1) is 0 Å². The van der Waals surface area contributed by atoms with Crippen molar-refractivity contribution in [3.8, 4) is 5.75 Å². The molecule has 0 fully saturated rings. The summed E-state index contributed by atoms with van der Waals surface area (Å²) in [6.45, 7) is 1.94. The van der Waals surface area contributed by atoms with E-state index in [9.17, 15) is 14.4 Å². The largest absolute Gasteiger partial charge is 0.497 e. The Morgan fingerprint density at radius 3 is 2.52 bits per heavy atom. The van der Waals surface area contributed by atoms with E-state index in [1.165, 1.54) is 4.90 Å². The van der Waals surface area contributed by atoms with Crippen LogP contribution in [-0.4, -0.2) is 49.4 Å². The van der Waals surface area contributed by atoms with Crippen molar-refractivity contribution in [3.63, 3.8) is 0 Å². The van der Waals surface area contributed by atoms with Crippen molar-refractivity contribution in [1.29, 1.82) is 0 Å². The molecule has 3 aromatic rings. The summed E-state index contributed by atoms with van der Waals surface area (Å²) in [5, 5.41) is 4.47. The molecule has 3 aromatic carbocycles. The summed E-state index contributed by atoms with van der Waals surface area (Å²) in [5.74, 6) is -0.0764. The Balaban J connectivity index is 1.66. The quantitative estimate of drug-likeness (QED) is 0.577. The van der Waals surface area contributed by atoms with E-state index in [1.54, 1.807) is 25.1 Å². The number of benzene rings is 3. The Labute approximate surface area is 192 Å². The molecule has 0 bridgehead atoms. The van der Waals surface area contributed by atoms with Crippen LogP contribution in [0.2, 0.25) is 0 Å². The van der Waals surface area contributed by atoms with Gasteiger partial charge in [0.1, 0.15) is 18.3 Å². The first-order valence-electron chi connectivity index (χ1n) is 11.0. The first-order chi connectivity index (χ1) is 16.0. The number of anilines is 1. The number of hydrogen-bond donors (Lipinski definition) is 1. The molecule has 0 aliphatic carbocycles. The second-order valence-corrected chi connectivity index (χ2v) is 7.98. The molecule has 3 amide bonds. The number of carbonyl (C=O) groups excluding carboxylic acids is 3. The maximum Gasteiger partial charge on any atom is 0.259 e. The molecule has 33 heavy (non-hydrogen) atoms. The van der Waals surface area contributed by atoms with Crippen LogP contribution in [0.25, 0.3) is 10.8 Å². The van der Waals surface area contributed by atoms with Crippen molar-refractivity contribution in [2.75, 3.05) is 25.6 Å². The molecule has 0 unspecified atom stereocenters. The molecule has 7 heteroatoms. The lowest BCUT2D eigenvalue weighted by Gasteiger charge is -2.32. The van der Waals surface area contributed by atoms with Crippen molar-refractivity contribution in [2.24, 2.45) is 0 Å². The fourth-order valence-electron chi connectivity index (χ4n) is 4.42. The topological polar surface area (TPSA) is 79.0 Å². The molecule has 1 atom stereocenters. The van der Waals surface area contributed by atoms with Crippen LogP contribution in [0.4, 0.5) is 5.69 Å². The van der Waals surface area contributed by atoms with Crippen molar-refractivity contribution in [2.45, 2.75) is 25.9 Å². The van der Waals surface area contributed by atoms with Crippen molar-refractivity contribution >= 4 is 34.2 Å². The smallest absolute Gasteiger partial charge is 0.259 e. The summed E-state index contributed by atoms with van der Waals surface area (Å²) in [4.78, 5) is 42.5. The molecule has 0 saturated carbocycles. The fraction of sp³-hybridized carbons (Fsp3) is 0.269. The van der Waals surface area contributed by atoms with Gasteiger partial charge in [-0.1, -0.05) is 43.3 Å². The molecule has 170 valence electrons. The Kier molecular flexibility index (Phi) is 6.31. The minimum Gasteiger partial charge on any atom is -0.497 e. The average Bonchev–Trinajstić information content (AvgIpc) is 3.11. The van der Waals surface area contributed by atoms with E-state index < -0.39 is 6.04 Å². The van der Waals surface area contributed by atoms with Gasteiger partial charge in [0.05, 0.1) is 12.8 Å². The molecule has 4 rings (SSSR count). The second-order valence-electron chi connectivity index (χ2n) is 7.98. The summed E-state index contributed by atoms with van der Waals surface area (Å²) in [6.07, 6.45) is 0.444. The van der Waals surface area contributed by atoms with Crippen LogP contribution in [0, 0.1) is 0 Å². The Hall–Kier alpha value is -3.87. The monoisotopic (exact) mass is 445 g/mol. The molecule has 0 saturated heterocycles. The highest BCUT2D eigenvalue weighted by Gasteiger charge is 2.34. The highest BCUT2D eigenvalue weighted by atomic mass is 16.5. The van der Waals surface area contributed by atoms with Crippen molar-refractivity contribution < 1.29 is 19.1 Å². The molecule has 1 N–H and O–H groups in total. The van der Waals surface area contributed by atoms with Crippen molar-refractivity contribution in [3.05, 3.63) is 71.8 Å². The van der Waals surface area contributed by atoms with Gasteiger partial charge < -0.3 is 15.0 Å². The summed E-state index contributed by atoms with van der Waals surface area (Å²) >= 11 is 0. The summed E-state index contributed by atoms with van der Waals surface area (Å²) < 4.78 is 5.31. The van der Waals surface area contributed by atoms with Crippen molar-refractivity contribution in [1.82, 2.24) is 10.2 Å². The van der Waals surface area contributed by atoms with E-state index in [0.717, 1.165) is 22.0 Å². The van der Waals surface area contributed by atoms with Crippen LogP contribution in [-0.2, 0) is 16.1 Å². The molecule has 7 nitrogen and oxygen atoms in total. The lowest BCUT2D eigenvalue weighted by atomic mass is 10.1. The number of carbonyl (C=O) groups is 3. The highest BCUT2D eigenvalue weighted by molar-refractivity contribution is 6.26. The highest BCUT2D eigenvalue weighted by Crippen LogP contribution is 2.37. The second kappa shape index (κ2) is 9.32. The van der Waals surface area contributed by atoms with Gasteiger partial charge in [0.15, 0.2) is 0 Å². The lowest BCUT2D eigenvalue weighted by molar-refractivity contribution is -0.140. The zero-order valence-corrected chi connectivity index (χ0v) is 19.0. The number of likely N-dealkylation sites (N-methyl/N-ethyl adjacent to an activating group) is 1. The van der Waals surface area contributed by atoms with Gasteiger partial charge in [-0.2, -0.15) is 0 Å². The number of ether oxygens (including phenoxy) is 1. The van der Waals surface area contributed by atoms with Crippen LogP contribution < -0.4 is 15.0 Å². The number of hydrogen-bond acceptors (Lipinski definition) is 4. The third-order valence-corrected chi connectivity index (χ3v) is 6.06. The molecule has 0 aromatic heterocycles. The number of nitrogens with zero attached hydrogens (tertiary/aromatic N) is 2. The van der Waals surface area contributed by atoms with Gasteiger partial charge in [0, 0.05) is 24.5 Å². The summed E-state index contributed by atoms with van der Waals surface area (Å²) in [7, 11) is 3.14. The Morgan fingerprint density at radius 2 is 1.82 bits per heavy atom. The minimum absolute atomic E-state index is 0.149. The predicted molar refractivity (Wildman–Crippen MR) is 127 cm³/mol. The van der Waals surface area contributed by atoms with E-state index in [2.05, 4.69) is 5.32 Å². The lowest BCUT2D eigenvalue weighted by Crippen LogP contribution is -2.51. The number of methoxy groups -OCH3 is 1. The van der Waals surface area contributed by atoms with Crippen LogP contribution in [0.5, 0.6) is 5.75 Å². The molecule has 1 aliphatic rings. The summed E-state index contributed by atoms with van der Waals surface area (Å²) in [5.41, 5.74) is 2.15. The average molecular weight is 446 g/mol. The molecule has 0 spiro atoms. The van der Waals surface area contributed by atoms with Crippen LogP contribution in [0.3, 0.4) is 0 Å². The van der Waals surface area contributed by atoms with Gasteiger partial charge in [0.25, 0.3) is 5.91 Å². The normalized spacial score (nSPS) is 13.2. The molecular weight excluding hydrogens is 418 g/mol.